The second kappa shape index (κ2) is 6.44. The first-order valence-electron chi connectivity index (χ1n) is 7.43. The number of nitrogens with zero attached hydrogens (tertiary/aromatic N) is 5. The zero-order valence-electron chi connectivity index (χ0n) is 13.5. The summed E-state index contributed by atoms with van der Waals surface area (Å²) in [6.45, 7) is 2.02. The Morgan fingerprint density at radius 3 is 1.91 bits per heavy atom. The molecule has 0 saturated carbocycles. The first-order valence-corrected chi connectivity index (χ1v) is 7.43. The van der Waals surface area contributed by atoms with E-state index in [0.29, 0.717) is 0 Å². The van der Waals surface area contributed by atoms with E-state index < -0.39 is 0 Å². The molecule has 0 N–H and O–H groups in total. The van der Waals surface area contributed by atoms with Gasteiger partial charge in [0.1, 0.15) is 0 Å². The Labute approximate surface area is 135 Å². The Kier molecular flexibility index (Phi) is 4.19. The van der Waals surface area contributed by atoms with Crippen LogP contribution in [0.15, 0.2) is 71.2 Å². The van der Waals surface area contributed by atoms with Crippen LogP contribution in [-0.4, -0.2) is 23.9 Å². The van der Waals surface area contributed by atoms with Crippen LogP contribution < -0.4 is 4.90 Å². The minimum Gasteiger partial charge on any atom is -0.378 e. The highest BCUT2D eigenvalue weighted by atomic mass is 15.3. The minimum absolute atomic E-state index is 0.814. The lowest BCUT2D eigenvalue weighted by atomic mass is 10.3. The lowest BCUT2D eigenvalue weighted by Gasteiger charge is -2.11. The number of benzene rings is 2. The van der Waals surface area contributed by atoms with E-state index in [1.54, 1.807) is 0 Å². The summed E-state index contributed by atoms with van der Waals surface area (Å²) in [5.74, 6) is 0. The summed E-state index contributed by atoms with van der Waals surface area (Å²) >= 11 is 0. The molecule has 0 radical (unpaired) electrons. The van der Waals surface area contributed by atoms with E-state index in [-0.39, 0.29) is 0 Å². The van der Waals surface area contributed by atoms with E-state index in [0.717, 1.165) is 28.3 Å². The van der Waals surface area contributed by atoms with Gasteiger partial charge in [0.25, 0.3) is 0 Å². The first kappa shape index (κ1) is 15.0. The summed E-state index contributed by atoms with van der Waals surface area (Å²) in [6, 6.07) is 15.8. The molecule has 23 heavy (non-hydrogen) atoms. The van der Waals surface area contributed by atoms with Crippen LogP contribution in [-0.2, 0) is 0 Å². The normalized spacial score (nSPS) is 11.1. The summed E-state index contributed by atoms with van der Waals surface area (Å²) in [7, 11) is 4.03. The molecule has 0 fully saturated rings. The van der Waals surface area contributed by atoms with Crippen molar-refractivity contribution in [3.05, 3.63) is 66.5 Å². The minimum atomic E-state index is 0.814. The average Bonchev–Trinajstić information content (AvgIpc) is 3.00. The Morgan fingerprint density at radius 1 is 0.870 bits per heavy atom. The number of rotatable bonds is 4. The SMILES string of the molecule is Cc1cnn(-c2ccc(N=Nc3ccc(N(C)C)cc3)cc2)c1. The predicted octanol–water partition coefficient (Wildman–Crippen LogP) is 4.66. The van der Waals surface area contributed by atoms with Crippen molar-refractivity contribution in [2.24, 2.45) is 10.2 Å². The van der Waals surface area contributed by atoms with E-state index in [1.807, 2.05) is 86.6 Å². The fourth-order valence-corrected chi connectivity index (χ4v) is 2.16. The summed E-state index contributed by atoms with van der Waals surface area (Å²) < 4.78 is 1.84. The van der Waals surface area contributed by atoms with E-state index in [2.05, 4.69) is 20.2 Å². The second-order valence-electron chi connectivity index (χ2n) is 5.59. The smallest absolute Gasteiger partial charge is 0.0858 e. The van der Waals surface area contributed by atoms with Gasteiger partial charge in [-0.05, 0) is 61.0 Å². The number of aromatic nitrogens is 2. The lowest BCUT2D eigenvalue weighted by Crippen LogP contribution is -2.07. The Morgan fingerprint density at radius 2 is 1.43 bits per heavy atom. The molecule has 3 aromatic rings. The van der Waals surface area contributed by atoms with Crippen molar-refractivity contribution in [2.75, 3.05) is 19.0 Å². The molecule has 0 bridgehead atoms. The Bertz CT molecular complexity index is 798. The average molecular weight is 305 g/mol. The van der Waals surface area contributed by atoms with Crippen LogP contribution in [0.3, 0.4) is 0 Å². The number of aryl methyl sites for hydroxylation is 1. The largest absolute Gasteiger partial charge is 0.378 e. The van der Waals surface area contributed by atoms with Crippen LogP contribution >= 0.6 is 0 Å². The fraction of sp³-hybridized carbons (Fsp3) is 0.167. The topological polar surface area (TPSA) is 45.8 Å². The van der Waals surface area contributed by atoms with Gasteiger partial charge in [-0.2, -0.15) is 15.3 Å². The quantitative estimate of drug-likeness (QED) is 0.658. The maximum Gasteiger partial charge on any atom is 0.0858 e. The third-order valence-electron chi connectivity index (χ3n) is 3.47. The molecule has 0 unspecified atom stereocenters. The highest BCUT2D eigenvalue weighted by Gasteiger charge is 1.99. The molecule has 0 amide bonds. The van der Waals surface area contributed by atoms with Gasteiger partial charge in [0, 0.05) is 26.0 Å². The second-order valence-corrected chi connectivity index (χ2v) is 5.59. The van der Waals surface area contributed by atoms with E-state index in [1.165, 1.54) is 0 Å². The van der Waals surface area contributed by atoms with Crippen molar-refractivity contribution in [3.63, 3.8) is 0 Å². The van der Waals surface area contributed by atoms with Crippen LogP contribution in [0.1, 0.15) is 5.56 Å². The third-order valence-corrected chi connectivity index (χ3v) is 3.47. The van der Waals surface area contributed by atoms with Crippen LogP contribution in [0.5, 0.6) is 0 Å². The van der Waals surface area contributed by atoms with Gasteiger partial charge < -0.3 is 4.90 Å². The lowest BCUT2D eigenvalue weighted by molar-refractivity contribution is 0.880. The highest BCUT2D eigenvalue weighted by molar-refractivity contribution is 5.52. The molecule has 5 nitrogen and oxygen atoms in total. The van der Waals surface area contributed by atoms with Gasteiger partial charge in [-0.1, -0.05) is 0 Å². The predicted molar refractivity (Wildman–Crippen MR) is 93.2 cm³/mol. The van der Waals surface area contributed by atoms with Crippen LogP contribution in [0.4, 0.5) is 17.1 Å². The van der Waals surface area contributed by atoms with E-state index >= 15 is 0 Å². The number of anilines is 1. The number of azo groups is 1. The van der Waals surface area contributed by atoms with Crippen molar-refractivity contribution in [2.45, 2.75) is 6.92 Å². The van der Waals surface area contributed by atoms with Crippen molar-refractivity contribution >= 4 is 17.1 Å². The van der Waals surface area contributed by atoms with Gasteiger partial charge in [-0.3, -0.25) is 0 Å². The molecule has 0 aliphatic heterocycles. The highest BCUT2D eigenvalue weighted by Crippen LogP contribution is 2.22. The summed E-state index contributed by atoms with van der Waals surface area (Å²) in [5.41, 5.74) is 4.93. The van der Waals surface area contributed by atoms with Crippen molar-refractivity contribution in [1.29, 1.82) is 0 Å². The van der Waals surface area contributed by atoms with Crippen LogP contribution in [0.25, 0.3) is 5.69 Å². The van der Waals surface area contributed by atoms with Crippen LogP contribution in [0, 0.1) is 6.92 Å². The molecule has 0 saturated heterocycles. The zero-order valence-corrected chi connectivity index (χ0v) is 13.5. The molecule has 1 heterocycles. The van der Waals surface area contributed by atoms with Crippen LogP contribution in [0.2, 0.25) is 0 Å². The molecular formula is C18H19N5. The summed E-state index contributed by atoms with van der Waals surface area (Å²) in [4.78, 5) is 2.05. The van der Waals surface area contributed by atoms with Gasteiger partial charge in [0.05, 0.1) is 23.3 Å². The molecule has 2 aromatic carbocycles. The molecule has 0 aliphatic rings. The summed E-state index contributed by atoms with van der Waals surface area (Å²) in [5, 5.41) is 12.8. The molecule has 3 rings (SSSR count). The Balaban J connectivity index is 1.72. The number of hydrogen-bond acceptors (Lipinski definition) is 4. The van der Waals surface area contributed by atoms with Crippen molar-refractivity contribution in [3.8, 4) is 5.69 Å². The van der Waals surface area contributed by atoms with Gasteiger partial charge in [-0.25, -0.2) is 4.68 Å². The number of hydrogen-bond donors (Lipinski definition) is 0. The zero-order chi connectivity index (χ0) is 16.2. The molecule has 1 aromatic heterocycles. The maximum atomic E-state index is 4.29. The molecule has 116 valence electrons. The van der Waals surface area contributed by atoms with Gasteiger partial charge >= 0.3 is 0 Å². The first-order chi connectivity index (χ1) is 11.1. The molecule has 5 heteroatoms. The van der Waals surface area contributed by atoms with Gasteiger partial charge in [0.15, 0.2) is 0 Å². The summed E-state index contributed by atoms with van der Waals surface area (Å²) in [6.07, 6.45) is 3.83. The Hall–Kier alpha value is -2.95. The monoisotopic (exact) mass is 305 g/mol. The molecule has 0 spiro atoms. The maximum absolute atomic E-state index is 4.29. The third kappa shape index (κ3) is 3.63. The van der Waals surface area contributed by atoms with Gasteiger partial charge in [-0.15, -0.1) is 0 Å². The van der Waals surface area contributed by atoms with Crippen molar-refractivity contribution < 1.29 is 0 Å². The molecule has 0 aliphatic carbocycles. The fourth-order valence-electron chi connectivity index (χ4n) is 2.16. The van der Waals surface area contributed by atoms with Crippen molar-refractivity contribution in [1.82, 2.24) is 9.78 Å². The van der Waals surface area contributed by atoms with E-state index in [9.17, 15) is 0 Å². The van der Waals surface area contributed by atoms with E-state index in [4.69, 9.17) is 0 Å². The molecule has 0 atom stereocenters. The van der Waals surface area contributed by atoms with Gasteiger partial charge in [0.2, 0.25) is 0 Å². The molecular weight excluding hydrogens is 286 g/mol. The standard InChI is InChI=1S/C18H19N5/c1-14-12-19-23(13-14)18-10-6-16(7-11-18)21-20-15-4-8-17(9-5-15)22(2)3/h4-13H,1-3H3.